The van der Waals surface area contributed by atoms with Crippen LogP contribution in [0.2, 0.25) is 0 Å². The summed E-state index contributed by atoms with van der Waals surface area (Å²) < 4.78 is 1.18. The van der Waals surface area contributed by atoms with E-state index >= 15 is 0 Å². The normalized spacial score (nSPS) is 19.1. The molecule has 1 fully saturated rings. The maximum atomic E-state index is 6.34. The van der Waals surface area contributed by atoms with Gasteiger partial charge in [-0.25, -0.2) is 4.90 Å². The standard InChI is InChI=1S/C34H33BBrN/c1-20-14-29(15-21(2)33(20)35)37(30-16-22(3)34(36)23(4)17-30)28-11-8-24(9-12-28)25-10-13-31-26-6-5-7-27(18-26)32(31)19-25/h8-17,19,26-27H,5-7,18H2,1-4H3/p+1. The number of hydrogen-bond acceptors (Lipinski definition) is 0. The Balaban J connectivity index is 1.42. The van der Waals surface area contributed by atoms with E-state index in [1.54, 1.807) is 11.1 Å². The summed E-state index contributed by atoms with van der Waals surface area (Å²) in [5, 5.41) is 0. The van der Waals surface area contributed by atoms with Crippen molar-refractivity contribution in [2.75, 3.05) is 0 Å². The Morgan fingerprint density at radius 1 is 0.649 bits per heavy atom. The summed E-state index contributed by atoms with van der Waals surface area (Å²) in [6.45, 7) is 8.55. The lowest BCUT2D eigenvalue weighted by Crippen LogP contribution is -2.96. The average molecular weight is 547 g/mol. The van der Waals surface area contributed by atoms with E-state index in [0.717, 1.165) is 28.4 Å². The third kappa shape index (κ3) is 4.41. The van der Waals surface area contributed by atoms with Crippen molar-refractivity contribution in [1.29, 1.82) is 0 Å². The Morgan fingerprint density at radius 2 is 1.19 bits per heavy atom. The fourth-order valence-corrected chi connectivity index (χ4v) is 7.00. The molecule has 1 N–H and O–H groups in total. The third-order valence-electron chi connectivity index (χ3n) is 8.76. The van der Waals surface area contributed by atoms with Crippen molar-refractivity contribution in [3.63, 3.8) is 0 Å². The smallest absolute Gasteiger partial charge is 0.141 e. The number of quaternary nitrogens is 1. The molecule has 6 rings (SSSR count). The summed E-state index contributed by atoms with van der Waals surface area (Å²) in [7, 11) is 6.34. The van der Waals surface area contributed by atoms with Crippen molar-refractivity contribution in [3.05, 3.63) is 105 Å². The second kappa shape index (κ2) is 9.60. The third-order valence-corrected chi connectivity index (χ3v) is 10.0. The molecule has 2 aliphatic carbocycles. The maximum absolute atomic E-state index is 6.34. The predicted octanol–water partition coefficient (Wildman–Crippen LogP) is 8.08. The molecule has 2 bridgehead atoms. The van der Waals surface area contributed by atoms with Crippen molar-refractivity contribution in [2.24, 2.45) is 0 Å². The zero-order chi connectivity index (χ0) is 25.8. The van der Waals surface area contributed by atoms with Crippen molar-refractivity contribution >= 4 is 46.3 Å². The highest BCUT2D eigenvalue weighted by atomic mass is 79.9. The number of nitrogens with one attached hydrogen (secondary N) is 1. The summed E-state index contributed by atoms with van der Waals surface area (Å²) in [5.41, 5.74) is 15.2. The van der Waals surface area contributed by atoms with Gasteiger partial charge in [-0.1, -0.05) is 57.1 Å². The summed E-state index contributed by atoms with van der Waals surface area (Å²) in [6, 6.07) is 25.5. The molecule has 2 aliphatic rings. The number of halogens is 1. The van der Waals surface area contributed by atoms with Gasteiger partial charge in [-0.15, -0.1) is 0 Å². The van der Waals surface area contributed by atoms with E-state index in [-0.39, 0.29) is 0 Å². The highest BCUT2D eigenvalue weighted by molar-refractivity contribution is 9.10. The van der Waals surface area contributed by atoms with E-state index in [4.69, 9.17) is 7.85 Å². The summed E-state index contributed by atoms with van der Waals surface area (Å²) in [6.07, 6.45) is 5.47. The lowest BCUT2D eigenvalue weighted by molar-refractivity contribution is -0.681. The van der Waals surface area contributed by atoms with E-state index in [0.29, 0.717) is 0 Å². The fourth-order valence-electron chi connectivity index (χ4n) is 6.77. The maximum Gasteiger partial charge on any atom is 0.141 e. The van der Waals surface area contributed by atoms with Gasteiger partial charge in [0.1, 0.15) is 24.9 Å². The van der Waals surface area contributed by atoms with Gasteiger partial charge in [0.25, 0.3) is 0 Å². The molecule has 0 heterocycles. The van der Waals surface area contributed by atoms with E-state index in [1.165, 1.54) is 74.4 Å². The molecule has 3 atom stereocenters. The topological polar surface area (TPSA) is 4.44 Å². The minimum absolute atomic E-state index is 0.772. The van der Waals surface area contributed by atoms with Gasteiger partial charge in [0.2, 0.25) is 0 Å². The van der Waals surface area contributed by atoms with E-state index in [2.05, 4.69) is 110 Å². The largest absolute Gasteiger partial charge is 0.238 e. The van der Waals surface area contributed by atoms with Crippen molar-refractivity contribution in [1.82, 2.24) is 0 Å². The fraction of sp³-hybridized carbons (Fsp3) is 0.294. The highest BCUT2D eigenvalue weighted by Crippen LogP contribution is 2.51. The summed E-state index contributed by atoms with van der Waals surface area (Å²) >= 11 is 3.76. The summed E-state index contributed by atoms with van der Waals surface area (Å²) in [5.74, 6) is 1.57. The minimum atomic E-state index is 0.772. The van der Waals surface area contributed by atoms with Gasteiger partial charge in [-0.05, 0) is 104 Å². The average Bonchev–Trinajstić information content (AvgIpc) is 3.14. The van der Waals surface area contributed by atoms with Crippen LogP contribution < -0.4 is 10.4 Å². The molecule has 37 heavy (non-hydrogen) atoms. The molecule has 2 radical (unpaired) electrons. The van der Waals surface area contributed by atoms with Crippen LogP contribution in [0.1, 0.15) is 70.9 Å². The Bertz CT molecular complexity index is 1400. The van der Waals surface area contributed by atoms with E-state index in [9.17, 15) is 0 Å². The second-order valence-corrected chi connectivity index (χ2v) is 12.1. The van der Waals surface area contributed by atoms with Crippen LogP contribution in [0, 0.1) is 27.7 Å². The molecular formula is C34H34BBrN+. The van der Waals surface area contributed by atoms with E-state index < -0.39 is 0 Å². The first-order valence-corrected chi connectivity index (χ1v) is 14.3. The Hall–Kier alpha value is -2.62. The molecule has 1 nitrogen and oxygen atoms in total. The van der Waals surface area contributed by atoms with Crippen LogP contribution in [0.5, 0.6) is 0 Å². The van der Waals surface area contributed by atoms with E-state index in [1.807, 2.05) is 0 Å². The molecule has 0 spiro atoms. The zero-order valence-electron chi connectivity index (χ0n) is 22.3. The number of hydrogen-bond donors (Lipinski definition) is 1. The Kier molecular flexibility index (Phi) is 6.41. The summed E-state index contributed by atoms with van der Waals surface area (Å²) in [4.78, 5) is 1.25. The SMILES string of the molecule is [B]c1c(C)cc([NH+](c2ccc(-c3ccc4c(c3)C3CCCC4C3)cc2)c2cc(C)c(Br)c(C)c2)cc1C. The second-order valence-electron chi connectivity index (χ2n) is 11.3. The molecule has 0 aliphatic heterocycles. The molecule has 0 amide bonds. The van der Waals surface area contributed by atoms with Crippen LogP contribution in [0.15, 0.2) is 71.2 Å². The van der Waals surface area contributed by atoms with Gasteiger partial charge in [-0.2, -0.15) is 0 Å². The molecule has 3 unspecified atom stereocenters. The van der Waals surface area contributed by atoms with Crippen molar-refractivity contribution < 1.29 is 4.90 Å². The number of aryl methyl sites for hydroxylation is 4. The number of fused-ring (bicyclic) bond motifs is 5. The molecule has 0 aromatic heterocycles. The Morgan fingerprint density at radius 3 is 1.81 bits per heavy atom. The van der Waals surface area contributed by atoms with Gasteiger partial charge in [0, 0.05) is 40.9 Å². The molecule has 4 aromatic carbocycles. The first-order valence-electron chi connectivity index (χ1n) is 13.6. The molecule has 3 heteroatoms. The van der Waals surface area contributed by atoms with Gasteiger partial charge in [-0.3, -0.25) is 0 Å². The zero-order valence-corrected chi connectivity index (χ0v) is 23.9. The lowest BCUT2D eigenvalue weighted by Gasteiger charge is -2.22. The molecule has 184 valence electrons. The number of rotatable bonds is 4. The van der Waals surface area contributed by atoms with Gasteiger partial charge < -0.3 is 0 Å². The van der Waals surface area contributed by atoms with Crippen LogP contribution in [0.3, 0.4) is 0 Å². The molecule has 0 saturated heterocycles. The first-order chi connectivity index (χ1) is 17.8. The predicted molar refractivity (Wildman–Crippen MR) is 161 cm³/mol. The van der Waals surface area contributed by atoms with Crippen LogP contribution in [0.4, 0.5) is 17.1 Å². The minimum Gasteiger partial charge on any atom is -0.238 e. The van der Waals surface area contributed by atoms with Crippen LogP contribution in [0.25, 0.3) is 11.1 Å². The van der Waals surface area contributed by atoms with Gasteiger partial charge >= 0.3 is 0 Å². The van der Waals surface area contributed by atoms with Gasteiger partial charge in [0.15, 0.2) is 0 Å². The van der Waals surface area contributed by atoms with Crippen molar-refractivity contribution in [2.45, 2.75) is 65.2 Å². The first kappa shape index (κ1) is 24.7. The van der Waals surface area contributed by atoms with Crippen molar-refractivity contribution in [3.8, 4) is 11.1 Å². The lowest BCUT2D eigenvalue weighted by atomic mass is 9.86. The number of benzene rings is 4. The van der Waals surface area contributed by atoms with Crippen LogP contribution in [-0.4, -0.2) is 7.85 Å². The molecular weight excluding hydrogens is 513 g/mol. The Labute approximate surface area is 231 Å². The highest BCUT2D eigenvalue weighted by Gasteiger charge is 2.34. The van der Waals surface area contributed by atoms with Gasteiger partial charge in [0.05, 0.1) is 0 Å². The van der Waals surface area contributed by atoms with Crippen LogP contribution >= 0.6 is 15.9 Å². The van der Waals surface area contributed by atoms with Crippen LogP contribution in [-0.2, 0) is 0 Å². The molecule has 1 saturated carbocycles. The quantitative estimate of drug-likeness (QED) is 0.247. The monoisotopic (exact) mass is 546 g/mol. The molecule has 4 aromatic rings.